The Morgan fingerprint density at radius 2 is 1.55 bits per heavy atom. The summed E-state index contributed by atoms with van der Waals surface area (Å²) < 4.78 is 41.9. The van der Waals surface area contributed by atoms with Crippen LogP contribution in [0.15, 0.2) is 72.8 Å². The molecule has 0 radical (unpaired) electrons. The Kier molecular flexibility index (Phi) is 10.8. The molecule has 0 saturated carbocycles. The zero-order valence-electron chi connectivity index (χ0n) is 23.6. The van der Waals surface area contributed by atoms with Crippen LogP contribution in [0.4, 0.5) is 10.1 Å². The molecule has 9 heteroatoms. The van der Waals surface area contributed by atoms with E-state index < -0.39 is 34.3 Å². The molecule has 3 aromatic carbocycles. The highest BCUT2D eigenvalue weighted by molar-refractivity contribution is 7.92. The van der Waals surface area contributed by atoms with E-state index in [0.29, 0.717) is 23.4 Å². The summed E-state index contributed by atoms with van der Waals surface area (Å²) >= 11 is 0. The van der Waals surface area contributed by atoms with Crippen LogP contribution in [-0.2, 0) is 32.6 Å². The van der Waals surface area contributed by atoms with Gasteiger partial charge in [0, 0.05) is 25.1 Å². The maximum atomic E-state index is 14.8. The first-order valence-corrected chi connectivity index (χ1v) is 15.3. The third kappa shape index (κ3) is 8.14. The lowest BCUT2D eigenvalue weighted by Gasteiger charge is -2.34. The largest absolute Gasteiger partial charge is 0.354 e. The predicted octanol–water partition coefficient (Wildman–Crippen LogP) is 4.76. The monoisotopic (exact) mass is 567 g/mol. The van der Waals surface area contributed by atoms with Crippen LogP contribution in [0.3, 0.4) is 0 Å². The second kappa shape index (κ2) is 14.1. The Hall–Kier alpha value is -3.72. The molecule has 0 bridgehead atoms. The van der Waals surface area contributed by atoms with Gasteiger partial charge in [-0.05, 0) is 43.0 Å². The Morgan fingerprint density at radius 1 is 0.925 bits per heavy atom. The maximum absolute atomic E-state index is 14.8. The van der Waals surface area contributed by atoms with Gasteiger partial charge in [-0.3, -0.25) is 13.9 Å². The summed E-state index contributed by atoms with van der Waals surface area (Å²) in [7, 11) is -3.88. The molecule has 3 rings (SSSR count). The van der Waals surface area contributed by atoms with Gasteiger partial charge in [0.2, 0.25) is 21.8 Å². The number of halogens is 1. The molecule has 0 heterocycles. The van der Waals surface area contributed by atoms with Crippen LogP contribution >= 0.6 is 0 Å². The van der Waals surface area contributed by atoms with Crippen LogP contribution in [0.25, 0.3) is 0 Å². The van der Waals surface area contributed by atoms with Gasteiger partial charge in [0.25, 0.3) is 0 Å². The molecule has 1 N–H and O–H groups in total. The van der Waals surface area contributed by atoms with Gasteiger partial charge in [0.15, 0.2) is 0 Å². The number of carbonyl (C=O) groups is 2. The zero-order chi connectivity index (χ0) is 29.3. The summed E-state index contributed by atoms with van der Waals surface area (Å²) in [5, 5.41) is 2.91. The molecule has 0 spiro atoms. The van der Waals surface area contributed by atoms with Crippen LogP contribution < -0.4 is 9.62 Å². The number of aryl methyl sites for hydroxylation is 2. The van der Waals surface area contributed by atoms with Gasteiger partial charge in [-0.2, -0.15) is 0 Å². The molecule has 40 heavy (non-hydrogen) atoms. The van der Waals surface area contributed by atoms with Crippen LogP contribution in [0.2, 0.25) is 0 Å². The van der Waals surface area contributed by atoms with Crippen molar-refractivity contribution in [1.82, 2.24) is 10.2 Å². The maximum Gasteiger partial charge on any atom is 0.244 e. The molecule has 7 nitrogen and oxygen atoms in total. The van der Waals surface area contributed by atoms with Gasteiger partial charge in [0.05, 0.1) is 11.9 Å². The standard InChI is InChI=1S/C31H38FN3O4S/c1-5-6-19-33-31(37)28(20-25-15-8-7-9-16-25)34(21-26-17-10-11-18-27(26)32)29(36)22-35(40(4,38)39)30-23(2)13-12-14-24(30)3/h7-18,28H,5-6,19-22H2,1-4H3,(H,33,37)/t28-/m0/s1. The van der Waals surface area contributed by atoms with E-state index in [0.717, 1.165) is 29.0 Å². The summed E-state index contributed by atoms with van der Waals surface area (Å²) in [6.07, 6.45) is 2.87. The number of para-hydroxylation sites is 1. The molecule has 0 saturated heterocycles. The van der Waals surface area contributed by atoms with Gasteiger partial charge in [-0.1, -0.05) is 80.1 Å². The van der Waals surface area contributed by atoms with Crippen LogP contribution in [0.5, 0.6) is 0 Å². The van der Waals surface area contributed by atoms with E-state index in [1.54, 1.807) is 44.2 Å². The van der Waals surface area contributed by atoms with E-state index in [1.165, 1.54) is 11.0 Å². The molecule has 0 aliphatic heterocycles. The van der Waals surface area contributed by atoms with Crippen molar-refractivity contribution in [3.63, 3.8) is 0 Å². The predicted molar refractivity (Wildman–Crippen MR) is 157 cm³/mol. The van der Waals surface area contributed by atoms with Crippen molar-refractivity contribution in [3.8, 4) is 0 Å². The lowest BCUT2D eigenvalue weighted by atomic mass is 10.0. The van der Waals surface area contributed by atoms with Crippen molar-refractivity contribution in [1.29, 1.82) is 0 Å². The van der Waals surface area contributed by atoms with Gasteiger partial charge in [-0.25, -0.2) is 12.8 Å². The molecule has 0 unspecified atom stereocenters. The lowest BCUT2D eigenvalue weighted by Crippen LogP contribution is -2.53. The highest BCUT2D eigenvalue weighted by atomic mass is 32.2. The minimum absolute atomic E-state index is 0.182. The Morgan fingerprint density at radius 3 is 2.15 bits per heavy atom. The Balaban J connectivity index is 2.08. The second-order valence-corrected chi connectivity index (χ2v) is 11.9. The smallest absolute Gasteiger partial charge is 0.244 e. The molecule has 1 atom stereocenters. The van der Waals surface area contributed by atoms with Crippen molar-refractivity contribution < 1.29 is 22.4 Å². The number of hydrogen-bond acceptors (Lipinski definition) is 4. The lowest BCUT2D eigenvalue weighted by molar-refractivity contribution is -0.140. The average molecular weight is 568 g/mol. The number of sulfonamides is 1. The molecular formula is C31H38FN3O4S. The fourth-order valence-electron chi connectivity index (χ4n) is 4.65. The quantitative estimate of drug-likeness (QED) is 0.302. The van der Waals surface area contributed by atoms with E-state index in [-0.39, 0.29) is 24.4 Å². The SMILES string of the molecule is CCCCNC(=O)[C@H](Cc1ccccc1)N(Cc1ccccc1F)C(=O)CN(c1c(C)cccc1C)S(C)(=O)=O. The zero-order valence-corrected chi connectivity index (χ0v) is 24.4. The second-order valence-electron chi connectivity index (χ2n) is 9.97. The topological polar surface area (TPSA) is 86.8 Å². The Labute approximate surface area is 237 Å². The average Bonchev–Trinajstić information content (AvgIpc) is 2.91. The number of rotatable bonds is 13. The van der Waals surface area contributed by atoms with Crippen molar-refractivity contribution in [2.24, 2.45) is 0 Å². The minimum atomic E-state index is -3.88. The van der Waals surface area contributed by atoms with Crippen molar-refractivity contribution >= 4 is 27.5 Å². The fourth-order valence-corrected chi connectivity index (χ4v) is 5.61. The molecule has 3 aromatic rings. The summed E-state index contributed by atoms with van der Waals surface area (Å²) in [5.41, 5.74) is 2.85. The van der Waals surface area contributed by atoms with Gasteiger partial charge in [-0.15, -0.1) is 0 Å². The first-order chi connectivity index (χ1) is 19.0. The highest BCUT2D eigenvalue weighted by Crippen LogP contribution is 2.27. The fraction of sp³-hybridized carbons (Fsp3) is 0.355. The number of amides is 2. The van der Waals surface area contributed by atoms with E-state index in [4.69, 9.17) is 0 Å². The number of hydrogen-bond donors (Lipinski definition) is 1. The summed E-state index contributed by atoms with van der Waals surface area (Å²) in [4.78, 5) is 29.0. The highest BCUT2D eigenvalue weighted by Gasteiger charge is 2.34. The van der Waals surface area contributed by atoms with Crippen molar-refractivity contribution in [2.45, 2.75) is 52.6 Å². The van der Waals surface area contributed by atoms with Crippen molar-refractivity contribution in [2.75, 3.05) is 23.7 Å². The van der Waals surface area contributed by atoms with E-state index >= 15 is 0 Å². The van der Waals surface area contributed by atoms with Crippen LogP contribution in [-0.4, -0.2) is 50.5 Å². The first kappa shape index (κ1) is 30.8. The molecule has 0 fully saturated rings. The molecule has 0 aromatic heterocycles. The van der Waals surface area contributed by atoms with E-state index in [9.17, 15) is 22.4 Å². The minimum Gasteiger partial charge on any atom is -0.354 e. The summed E-state index contributed by atoms with van der Waals surface area (Å²) in [5.74, 6) is -1.50. The van der Waals surface area contributed by atoms with Gasteiger partial charge >= 0.3 is 0 Å². The molecule has 214 valence electrons. The summed E-state index contributed by atoms with van der Waals surface area (Å²) in [6.45, 7) is 5.26. The normalized spacial score (nSPS) is 12.0. The molecule has 0 aliphatic rings. The number of nitrogens with one attached hydrogen (secondary N) is 1. The third-order valence-electron chi connectivity index (χ3n) is 6.77. The Bertz CT molecular complexity index is 1390. The van der Waals surface area contributed by atoms with Crippen LogP contribution in [0, 0.1) is 19.7 Å². The van der Waals surface area contributed by atoms with Crippen molar-refractivity contribution in [3.05, 3.63) is 101 Å². The molecule has 2 amide bonds. The number of benzene rings is 3. The number of nitrogens with zero attached hydrogens (tertiary/aromatic N) is 2. The summed E-state index contributed by atoms with van der Waals surface area (Å²) in [6, 6.07) is 19.7. The van der Waals surface area contributed by atoms with Crippen LogP contribution in [0.1, 0.15) is 42.0 Å². The number of anilines is 1. The molecular weight excluding hydrogens is 529 g/mol. The van der Waals surface area contributed by atoms with E-state index in [1.807, 2.05) is 43.3 Å². The first-order valence-electron chi connectivity index (χ1n) is 13.4. The third-order valence-corrected chi connectivity index (χ3v) is 7.88. The molecule has 0 aliphatic carbocycles. The van der Waals surface area contributed by atoms with Gasteiger partial charge < -0.3 is 10.2 Å². The number of carbonyl (C=O) groups excluding carboxylic acids is 2. The van der Waals surface area contributed by atoms with Gasteiger partial charge in [0.1, 0.15) is 18.4 Å². The van der Waals surface area contributed by atoms with E-state index in [2.05, 4.69) is 5.32 Å². The number of unbranched alkanes of at least 4 members (excludes halogenated alkanes) is 1.